The lowest BCUT2D eigenvalue weighted by Gasteiger charge is -2.27. The Balaban J connectivity index is 1.45. The molecule has 0 saturated carbocycles. The van der Waals surface area contributed by atoms with Crippen LogP contribution in [0, 0.1) is 0 Å². The number of fused-ring (bicyclic) bond motifs is 1. The van der Waals surface area contributed by atoms with Gasteiger partial charge in [0.25, 0.3) is 0 Å². The van der Waals surface area contributed by atoms with Gasteiger partial charge in [-0.25, -0.2) is 0 Å². The summed E-state index contributed by atoms with van der Waals surface area (Å²) in [7, 11) is 0. The number of aryl methyl sites for hydroxylation is 1. The highest BCUT2D eigenvalue weighted by Gasteiger charge is 2.30. The molecule has 0 unspecified atom stereocenters. The van der Waals surface area contributed by atoms with Gasteiger partial charge < -0.3 is 14.4 Å². The van der Waals surface area contributed by atoms with Crippen molar-refractivity contribution < 1.29 is 14.3 Å². The molecule has 1 amide bonds. The molecule has 2 aliphatic rings. The summed E-state index contributed by atoms with van der Waals surface area (Å²) in [5.41, 5.74) is 2.24. The van der Waals surface area contributed by atoms with Crippen molar-refractivity contribution in [2.75, 3.05) is 19.8 Å². The summed E-state index contributed by atoms with van der Waals surface area (Å²) in [6, 6.07) is 10.1. The first kappa shape index (κ1) is 15.9. The Labute approximate surface area is 147 Å². The smallest absolute Gasteiger partial charge is 0.223 e. The lowest BCUT2D eigenvalue weighted by molar-refractivity contribution is -0.132. The number of pyridine rings is 1. The normalized spacial score (nSPS) is 19.0. The van der Waals surface area contributed by atoms with Gasteiger partial charge in [-0.15, -0.1) is 0 Å². The molecule has 0 spiro atoms. The maximum atomic E-state index is 12.7. The highest BCUT2D eigenvalue weighted by molar-refractivity contribution is 5.77. The van der Waals surface area contributed by atoms with Crippen LogP contribution in [0.5, 0.6) is 11.5 Å². The largest absolute Gasteiger partial charge is 0.486 e. The molecule has 0 bridgehead atoms. The lowest BCUT2D eigenvalue weighted by Crippen LogP contribution is -2.30. The van der Waals surface area contributed by atoms with Crippen molar-refractivity contribution in [2.24, 2.45) is 0 Å². The summed E-state index contributed by atoms with van der Waals surface area (Å²) >= 11 is 0. The highest BCUT2D eigenvalue weighted by atomic mass is 16.6. The fourth-order valence-electron chi connectivity index (χ4n) is 3.62. The van der Waals surface area contributed by atoms with Crippen LogP contribution in [0.4, 0.5) is 0 Å². The zero-order valence-electron chi connectivity index (χ0n) is 14.2. The molecule has 25 heavy (non-hydrogen) atoms. The number of ether oxygens (including phenoxy) is 2. The number of aromatic nitrogens is 1. The summed E-state index contributed by atoms with van der Waals surface area (Å²) in [6.07, 6.45) is 6.87. The van der Waals surface area contributed by atoms with E-state index >= 15 is 0 Å². The first-order chi connectivity index (χ1) is 12.3. The van der Waals surface area contributed by atoms with Gasteiger partial charge >= 0.3 is 0 Å². The number of hydrogen-bond acceptors (Lipinski definition) is 4. The van der Waals surface area contributed by atoms with Crippen LogP contribution < -0.4 is 9.47 Å². The minimum absolute atomic E-state index is 0.136. The van der Waals surface area contributed by atoms with Crippen molar-refractivity contribution in [3.05, 3.63) is 53.9 Å². The predicted octanol–water partition coefficient (Wildman–Crippen LogP) is 3.15. The zero-order chi connectivity index (χ0) is 17.1. The summed E-state index contributed by atoms with van der Waals surface area (Å²) in [4.78, 5) is 18.9. The summed E-state index contributed by atoms with van der Waals surface area (Å²) in [6.45, 7) is 1.99. The lowest BCUT2D eigenvalue weighted by atomic mass is 10.0. The molecular formula is C20H22N2O3. The quantitative estimate of drug-likeness (QED) is 0.859. The Bertz CT molecular complexity index is 748. The molecule has 2 aromatic rings. The van der Waals surface area contributed by atoms with Gasteiger partial charge in [-0.05, 0) is 48.6 Å². The number of amides is 1. The predicted molar refractivity (Wildman–Crippen MR) is 93.7 cm³/mol. The van der Waals surface area contributed by atoms with Crippen LogP contribution in [-0.2, 0) is 11.2 Å². The molecule has 5 nitrogen and oxygen atoms in total. The van der Waals surface area contributed by atoms with Crippen molar-refractivity contribution in [1.82, 2.24) is 9.88 Å². The average molecular weight is 338 g/mol. The number of nitrogens with zero attached hydrogens (tertiary/aromatic N) is 2. The fraction of sp³-hybridized carbons (Fsp3) is 0.400. The first-order valence-corrected chi connectivity index (χ1v) is 8.89. The van der Waals surface area contributed by atoms with Crippen molar-refractivity contribution in [2.45, 2.75) is 31.7 Å². The molecule has 0 N–H and O–H groups in total. The highest BCUT2D eigenvalue weighted by Crippen LogP contribution is 2.38. The van der Waals surface area contributed by atoms with Crippen LogP contribution in [-0.4, -0.2) is 35.5 Å². The number of carbonyl (C=O) groups excluding carboxylic acids is 1. The Morgan fingerprint density at radius 2 is 2.08 bits per heavy atom. The van der Waals surface area contributed by atoms with Crippen molar-refractivity contribution >= 4 is 5.91 Å². The van der Waals surface area contributed by atoms with Crippen molar-refractivity contribution in [3.63, 3.8) is 0 Å². The monoisotopic (exact) mass is 338 g/mol. The van der Waals surface area contributed by atoms with Gasteiger partial charge in [0.2, 0.25) is 5.91 Å². The van der Waals surface area contributed by atoms with Crippen LogP contribution in [0.2, 0.25) is 0 Å². The maximum Gasteiger partial charge on any atom is 0.223 e. The van der Waals surface area contributed by atoms with E-state index in [9.17, 15) is 4.79 Å². The molecule has 1 fully saturated rings. The third-order valence-corrected chi connectivity index (χ3v) is 4.87. The van der Waals surface area contributed by atoms with Crippen molar-refractivity contribution in [1.29, 1.82) is 0 Å². The van der Waals surface area contributed by atoms with Gasteiger partial charge in [0, 0.05) is 25.4 Å². The molecule has 1 atom stereocenters. The van der Waals surface area contributed by atoms with Gasteiger partial charge in [-0.1, -0.05) is 12.1 Å². The number of carbonyl (C=O) groups is 1. The van der Waals surface area contributed by atoms with E-state index in [1.165, 1.54) is 0 Å². The number of hydrogen-bond donors (Lipinski definition) is 0. The van der Waals surface area contributed by atoms with Crippen LogP contribution in [0.15, 0.2) is 42.7 Å². The zero-order valence-corrected chi connectivity index (χ0v) is 14.2. The summed E-state index contributed by atoms with van der Waals surface area (Å²) < 4.78 is 11.3. The third kappa shape index (κ3) is 3.45. The minimum atomic E-state index is 0.136. The number of likely N-dealkylation sites (tertiary alicyclic amines) is 1. The Morgan fingerprint density at radius 3 is 2.92 bits per heavy atom. The Kier molecular flexibility index (Phi) is 4.55. The molecule has 5 heteroatoms. The van der Waals surface area contributed by atoms with Crippen LogP contribution >= 0.6 is 0 Å². The SMILES string of the molecule is O=C(CCc1cccnc1)N1CCC[C@H]1c1ccc2c(c1)OCCO2. The van der Waals surface area contributed by atoms with E-state index in [1.54, 1.807) is 6.20 Å². The van der Waals surface area contributed by atoms with E-state index in [4.69, 9.17) is 9.47 Å². The molecule has 130 valence electrons. The topological polar surface area (TPSA) is 51.7 Å². The molecule has 1 saturated heterocycles. The van der Waals surface area contributed by atoms with Gasteiger partial charge in [0.05, 0.1) is 6.04 Å². The van der Waals surface area contributed by atoms with E-state index in [-0.39, 0.29) is 11.9 Å². The van der Waals surface area contributed by atoms with Gasteiger partial charge in [0.15, 0.2) is 11.5 Å². The molecular weight excluding hydrogens is 316 g/mol. The third-order valence-electron chi connectivity index (χ3n) is 4.87. The standard InChI is InChI=1S/C20H22N2O3/c23-20(8-5-15-3-1-9-21-14-15)22-10-2-4-17(22)16-6-7-18-19(13-16)25-12-11-24-18/h1,3,6-7,9,13-14,17H,2,4-5,8,10-12H2/t17-/m0/s1. The molecule has 4 rings (SSSR count). The molecule has 0 aliphatic carbocycles. The molecule has 1 aromatic carbocycles. The van der Waals surface area contributed by atoms with Crippen LogP contribution in [0.25, 0.3) is 0 Å². The van der Waals surface area contributed by atoms with Crippen LogP contribution in [0.1, 0.15) is 36.4 Å². The van der Waals surface area contributed by atoms with E-state index in [0.717, 1.165) is 48.4 Å². The minimum Gasteiger partial charge on any atom is -0.486 e. The molecule has 2 aliphatic heterocycles. The van der Waals surface area contributed by atoms with E-state index in [2.05, 4.69) is 11.1 Å². The second-order valence-corrected chi connectivity index (χ2v) is 6.51. The fourth-order valence-corrected chi connectivity index (χ4v) is 3.62. The molecule has 0 radical (unpaired) electrons. The second-order valence-electron chi connectivity index (χ2n) is 6.51. The van der Waals surface area contributed by atoms with E-state index in [1.807, 2.05) is 35.4 Å². The van der Waals surface area contributed by atoms with E-state index in [0.29, 0.717) is 19.6 Å². The Morgan fingerprint density at radius 1 is 1.20 bits per heavy atom. The van der Waals surface area contributed by atoms with Crippen molar-refractivity contribution in [3.8, 4) is 11.5 Å². The molecule has 3 heterocycles. The molecule has 1 aromatic heterocycles. The van der Waals surface area contributed by atoms with Gasteiger partial charge in [0.1, 0.15) is 13.2 Å². The second kappa shape index (κ2) is 7.13. The number of benzene rings is 1. The van der Waals surface area contributed by atoms with E-state index < -0.39 is 0 Å². The first-order valence-electron chi connectivity index (χ1n) is 8.89. The maximum absolute atomic E-state index is 12.7. The number of rotatable bonds is 4. The average Bonchev–Trinajstić information content (AvgIpc) is 3.16. The summed E-state index contributed by atoms with van der Waals surface area (Å²) in [5, 5.41) is 0. The van der Waals surface area contributed by atoms with Crippen LogP contribution in [0.3, 0.4) is 0 Å². The van der Waals surface area contributed by atoms with Gasteiger partial charge in [-0.2, -0.15) is 0 Å². The summed E-state index contributed by atoms with van der Waals surface area (Å²) in [5.74, 6) is 1.79. The van der Waals surface area contributed by atoms with Gasteiger partial charge in [-0.3, -0.25) is 9.78 Å². The Hall–Kier alpha value is -2.56.